The molecule has 0 atom stereocenters. The van der Waals surface area contributed by atoms with Crippen LogP contribution in [0, 0.1) is 0 Å². The Morgan fingerprint density at radius 3 is 2.40 bits per heavy atom. The van der Waals surface area contributed by atoms with E-state index in [-0.39, 0.29) is 0 Å². The van der Waals surface area contributed by atoms with Crippen LogP contribution in [0.1, 0.15) is 19.8 Å². The highest BCUT2D eigenvalue weighted by Gasteiger charge is 1.90. The zero-order valence-electron chi connectivity index (χ0n) is 6.48. The number of hydrogen-bond donors (Lipinski definition) is 2. The van der Waals surface area contributed by atoms with Gasteiger partial charge in [0.05, 0.1) is 0 Å². The molecular weight excluding hydrogens is 135 g/mol. The molecular formula is C6H15FN2O. The number of unbranched alkanes of at least 4 members (excludes halogenated alkanes) is 1. The van der Waals surface area contributed by atoms with Crippen LogP contribution in [0.25, 0.3) is 0 Å². The first-order valence-corrected chi connectivity index (χ1v) is 3.28. The lowest BCUT2D eigenvalue weighted by molar-refractivity contribution is 0.221. The van der Waals surface area contributed by atoms with Gasteiger partial charge in [-0.15, -0.1) is 4.39 Å². The maximum absolute atomic E-state index is 11.3. The van der Waals surface area contributed by atoms with E-state index in [1.54, 1.807) is 0 Å². The number of amides is 1. The van der Waals surface area contributed by atoms with E-state index in [0.29, 0.717) is 6.54 Å². The molecule has 0 bridgehead atoms. The molecule has 0 aromatic carbocycles. The number of nitrogens with two attached hydrogens (primary N) is 1. The summed E-state index contributed by atoms with van der Waals surface area (Å²) in [6.07, 6.45) is 0.383. The normalized spacial score (nSPS) is 7.60. The molecule has 3 N–H and O–H groups in total. The van der Waals surface area contributed by atoms with Crippen LogP contribution >= 0.6 is 0 Å². The topological polar surface area (TPSA) is 55.1 Å². The van der Waals surface area contributed by atoms with Gasteiger partial charge < -0.3 is 11.1 Å². The van der Waals surface area contributed by atoms with E-state index in [9.17, 15) is 9.18 Å². The van der Waals surface area contributed by atoms with Crippen LogP contribution in [-0.2, 0) is 0 Å². The highest BCUT2D eigenvalue weighted by Crippen LogP contribution is 1.82. The number of halogens is 1. The van der Waals surface area contributed by atoms with Gasteiger partial charge in [-0.2, -0.15) is 0 Å². The van der Waals surface area contributed by atoms with Gasteiger partial charge >= 0.3 is 6.16 Å². The molecule has 0 aromatic heterocycles. The highest BCUT2D eigenvalue weighted by molar-refractivity contribution is 5.65. The van der Waals surface area contributed by atoms with E-state index < -0.39 is 6.16 Å². The van der Waals surface area contributed by atoms with Crippen LogP contribution in [0.2, 0.25) is 0 Å². The van der Waals surface area contributed by atoms with Crippen molar-refractivity contribution in [2.24, 2.45) is 5.73 Å². The summed E-state index contributed by atoms with van der Waals surface area (Å²) >= 11 is 0. The molecule has 4 heteroatoms. The predicted octanol–water partition coefficient (Wildman–Crippen LogP) is 1.04. The molecule has 0 aromatic rings. The second-order valence-corrected chi connectivity index (χ2v) is 1.55. The summed E-state index contributed by atoms with van der Waals surface area (Å²) in [5.74, 6) is 0. The van der Waals surface area contributed by atoms with Crippen molar-refractivity contribution in [2.75, 3.05) is 13.6 Å². The van der Waals surface area contributed by atoms with Crippen LogP contribution < -0.4 is 11.1 Å². The fourth-order valence-electron chi connectivity index (χ4n) is 0.363. The van der Waals surface area contributed by atoms with Crippen molar-refractivity contribution < 1.29 is 9.18 Å². The van der Waals surface area contributed by atoms with Crippen LogP contribution in [0.4, 0.5) is 9.18 Å². The van der Waals surface area contributed by atoms with E-state index in [1.165, 1.54) is 7.05 Å². The minimum Gasteiger partial charge on any atom is -0.333 e. The Hall–Kier alpha value is -0.640. The van der Waals surface area contributed by atoms with Crippen molar-refractivity contribution in [1.82, 2.24) is 5.32 Å². The molecule has 0 saturated heterocycles. The van der Waals surface area contributed by atoms with Gasteiger partial charge in [0.1, 0.15) is 0 Å². The van der Waals surface area contributed by atoms with Gasteiger partial charge in [0.25, 0.3) is 0 Å². The van der Waals surface area contributed by atoms with Crippen molar-refractivity contribution >= 4 is 6.16 Å². The van der Waals surface area contributed by atoms with Gasteiger partial charge in [-0.3, -0.25) is 0 Å². The standard InChI is InChI=1S/C5H10FNO.CH5N/c1-2-3-4-7-5(6)8;1-2/h2-4H2,1H3,(H,7,8);2H2,1H3. The molecule has 1 amide bonds. The SMILES string of the molecule is CCCCNC(=O)F.CN. The highest BCUT2D eigenvalue weighted by atomic mass is 19.1. The number of carbonyl (C=O) groups is 1. The molecule has 0 spiro atoms. The van der Waals surface area contributed by atoms with E-state index in [0.717, 1.165) is 12.8 Å². The largest absolute Gasteiger partial charge is 0.397 e. The summed E-state index contributed by atoms with van der Waals surface area (Å²) in [6, 6.07) is 0. The second kappa shape index (κ2) is 11.2. The summed E-state index contributed by atoms with van der Waals surface area (Å²) in [4.78, 5) is 9.54. The molecule has 3 nitrogen and oxygen atoms in total. The van der Waals surface area contributed by atoms with Crippen molar-refractivity contribution in [3.8, 4) is 0 Å². The van der Waals surface area contributed by atoms with Crippen LogP contribution in [0.3, 0.4) is 0 Å². The molecule has 0 fully saturated rings. The predicted molar refractivity (Wildman–Crippen MR) is 39.5 cm³/mol. The molecule has 0 rings (SSSR count). The quantitative estimate of drug-likeness (QED) is 0.359. The second-order valence-electron chi connectivity index (χ2n) is 1.55. The van der Waals surface area contributed by atoms with Gasteiger partial charge in [-0.1, -0.05) is 13.3 Å². The minimum atomic E-state index is -1.43. The van der Waals surface area contributed by atoms with Gasteiger partial charge in [-0.25, -0.2) is 4.79 Å². The summed E-state index contributed by atoms with van der Waals surface area (Å²) in [7, 11) is 1.50. The fraction of sp³-hybridized carbons (Fsp3) is 0.833. The number of nitrogens with one attached hydrogen (secondary N) is 1. The molecule has 0 aliphatic rings. The summed E-state index contributed by atoms with van der Waals surface area (Å²) in [5.41, 5.74) is 4.50. The van der Waals surface area contributed by atoms with Crippen LogP contribution in [0.5, 0.6) is 0 Å². The Morgan fingerprint density at radius 1 is 1.60 bits per heavy atom. The lowest BCUT2D eigenvalue weighted by atomic mass is 10.3. The first-order valence-electron chi connectivity index (χ1n) is 3.28. The van der Waals surface area contributed by atoms with Crippen molar-refractivity contribution in [2.45, 2.75) is 19.8 Å². The lowest BCUT2D eigenvalue weighted by Crippen LogP contribution is -2.17. The fourth-order valence-corrected chi connectivity index (χ4v) is 0.363. The third-order valence-electron chi connectivity index (χ3n) is 0.794. The Morgan fingerprint density at radius 2 is 2.10 bits per heavy atom. The van der Waals surface area contributed by atoms with Crippen molar-refractivity contribution in [3.63, 3.8) is 0 Å². The summed E-state index contributed by atoms with van der Waals surface area (Å²) < 4.78 is 11.3. The van der Waals surface area contributed by atoms with E-state index in [1.807, 2.05) is 12.2 Å². The van der Waals surface area contributed by atoms with Gasteiger partial charge in [0.15, 0.2) is 0 Å². The van der Waals surface area contributed by atoms with E-state index in [4.69, 9.17) is 0 Å². The number of carbonyl (C=O) groups excluding carboxylic acids is 1. The third kappa shape index (κ3) is 15.7. The average molecular weight is 150 g/mol. The van der Waals surface area contributed by atoms with Crippen molar-refractivity contribution in [3.05, 3.63) is 0 Å². The average Bonchev–Trinajstić information content (AvgIpc) is 1.92. The zero-order valence-corrected chi connectivity index (χ0v) is 6.48. The molecule has 10 heavy (non-hydrogen) atoms. The first kappa shape index (κ1) is 12.1. The first-order chi connectivity index (χ1) is 4.77. The molecule has 0 unspecified atom stereocenters. The Kier molecular flexibility index (Phi) is 13.5. The molecule has 62 valence electrons. The summed E-state index contributed by atoms with van der Waals surface area (Å²) in [6.45, 7) is 2.43. The third-order valence-corrected chi connectivity index (χ3v) is 0.794. The maximum atomic E-state index is 11.3. The lowest BCUT2D eigenvalue weighted by Gasteiger charge is -1.93. The molecule has 0 heterocycles. The number of rotatable bonds is 3. The van der Waals surface area contributed by atoms with Gasteiger partial charge in [0.2, 0.25) is 0 Å². The Bertz CT molecular complexity index is 78.1. The van der Waals surface area contributed by atoms with Gasteiger partial charge in [0, 0.05) is 6.54 Å². The molecule has 0 aliphatic heterocycles. The molecule has 0 saturated carbocycles. The van der Waals surface area contributed by atoms with Crippen molar-refractivity contribution in [1.29, 1.82) is 0 Å². The smallest absolute Gasteiger partial charge is 0.333 e. The number of hydrogen-bond acceptors (Lipinski definition) is 2. The molecule has 0 radical (unpaired) electrons. The Balaban J connectivity index is 0. The van der Waals surface area contributed by atoms with E-state index in [2.05, 4.69) is 5.73 Å². The van der Waals surface area contributed by atoms with Gasteiger partial charge in [-0.05, 0) is 13.5 Å². The van der Waals surface area contributed by atoms with Crippen LogP contribution in [-0.4, -0.2) is 19.8 Å². The Labute approximate surface area is 60.8 Å². The monoisotopic (exact) mass is 150 g/mol. The minimum absolute atomic E-state index is 0.450. The maximum Gasteiger partial charge on any atom is 0.397 e. The zero-order chi connectivity index (χ0) is 8.41. The molecule has 0 aliphatic carbocycles. The summed E-state index contributed by atoms with van der Waals surface area (Å²) in [5, 5.41) is 2.04. The van der Waals surface area contributed by atoms with E-state index >= 15 is 0 Å². The van der Waals surface area contributed by atoms with Crippen LogP contribution in [0.15, 0.2) is 0 Å².